The predicted octanol–water partition coefficient (Wildman–Crippen LogP) is 12.3. The highest BCUT2D eigenvalue weighted by Gasteiger charge is 2.17. The first-order valence-corrected chi connectivity index (χ1v) is 17.0. The first-order valence-electron chi connectivity index (χ1n) is 17.0. The molecule has 0 unspecified atom stereocenters. The van der Waals surface area contributed by atoms with Gasteiger partial charge in [0, 0.05) is 41.5 Å². The summed E-state index contributed by atoms with van der Waals surface area (Å²) in [6.07, 6.45) is 7.37. The van der Waals surface area contributed by atoms with Gasteiger partial charge < -0.3 is 4.42 Å². The van der Waals surface area contributed by atoms with E-state index in [1.165, 1.54) is 11.1 Å². The Balaban J connectivity index is 1.10. The summed E-state index contributed by atoms with van der Waals surface area (Å²) in [6, 6.07) is 57.1. The van der Waals surface area contributed by atoms with E-state index < -0.39 is 0 Å². The Labute approximate surface area is 296 Å². The lowest BCUT2D eigenvalue weighted by atomic mass is 9.95. The van der Waals surface area contributed by atoms with Gasteiger partial charge in [0.2, 0.25) is 5.89 Å². The number of nitrogens with zero attached hydrogens (tertiary/aromatic N) is 3. The van der Waals surface area contributed by atoms with Crippen LogP contribution < -0.4 is 0 Å². The summed E-state index contributed by atoms with van der Waals surface area (Å²) in [5.74, 6) is 0.588. The minimum absolute atomic E-state index is 0.588. The van der Waals surface area contributed by atoms with Crippen molar-refractivity contribution in [1.29, 1.82) is 0 Å². The zero-order valence-electron chi connectivity index (χ0n) is 27.6. The number of rotatable bonds is 7. The van der Waals surface area contributed by atoms with E-state index >= 15 is 0 Å². The van der Waals surface area contributed by atoms with Crippen LogP contribution in [0.25, 0.3) is 89.3 Å². The first kappa shape index (κ1) is 30.2. The fourth-order valence-corrected chi connectivity index (χ4v) is 6.62. The van der Waals surface area contributed by atoms with Crippen molar-refractivity contribution in [3.63, 3.8) is 0 Å². The van der Waals surface area contributed by atoms with Gasteiger partial charge in [-0.25, -0.2) is 4.98 Å². The molecule has 0 bridgehead atoms. The average Bonchev–Trinajstić information content (AvgIpc) is 3.66. The van der Waals surface area contributed by atoms with E-state index in [0.29, 0.717) is 5.89 Å². The number of hydrogen-bond acceptors (Lipinski definition) is 4. The van der Waals surface area contributed by atoms with Crippen LogP contribution in [-0.4, -0.2) is 15.0 Å². The minimum atomic E-state index is 0.588. The first-order chi connectivity index (χ1) is 25.2. The molecule has 0 aliphatic rings. The molecule has 3 heterocycles. The fraction of sp³-hybridized carbons (Fsp3) is 0. The Morgan fingerprint density at radius 2 is 0.804 bits per heavy atom. The van der Waals surface area contributed by atoms with Gasteiger partial charge in [-0.05, 0) is 98.1 Å². The summed E-state index contributed by atoms with van der Waals surface area (Å²) in [7, 11) is 0. The van der Waals surface area contributed by atoms with Crippen molar-refractivity contribution in [2.75, 3.05) is 0 Å². The molecule has 4 nitrogen and oxygen atoms in total. The molecule has 9 rings (SSSR count). The summed E-state index contributed by atoms with van der Waals surface area (Å²) in [5, 5.41) is 0. The summed E-state index contributed by atoms with van der Waals surface area (Å²) >= 11 is 0. The molecule has 0 aliphatic carbocycles. The van der Waals surface area contributed by atoms with E-state index in [1.54, 1.807) is 12.4 Å². The Bertz CT molecular complexity index is 2580. The molecule has 6 aromatic carbocycles. The Kier molecular flexibility index (Phi) is 7.80. The second kappa shape index (κ2) is 13.2. The third-order valence-electron chi connectivity index (χ3n) is 9.33. The van der Waals surface area contributed by atoms with Crippen LogP contribution in [0.2, 0.25) is 0 Å². The van der Waals surface area contributed by atoms with Crippen molar-refractivity contribution < 1.29 is 4.42 Å². The van der Waals surface area contributed by atoms with Gasteiger partial charge in [-0.2, -0.15) is 0 Å². The highest BCUT2D eigenvalue weighted by molar-refractivity contribution is 5.96. The van der Waals surface area contributed by atoms with E-state index in [2.05, 4.69) is 156 Å². The van der Waals surface area contributed by atoms with E-state index in [-0.39, 0.29) is 0 Å². The number of hydrogen-bond donors (Lipinski definition) is 0. The summed E-state index contributed by atoms with van der Waals surface area (Å²) in [6.45, 7) is 0. The van der Waals surface area contributed by atoms with E-state index in [4.69, 9.17) is 9.40 Å². The largest absolute Gasteiger partial charge is 0.436 e. The smallest absolute Gasteiger partial charge is 0.227 e. The molecule has 51 heavy (non-hydrogen) atoms. The molecule has 0 N–H and O–H groups in total. The predicted molar refractivity (Wildman–Crippen MR) is 208 cm³/mol. The number of fused-ring (bicyclic) bond motifs is 1. The Hall–Kier alpha value is -6.91. The average molecular weight is 654 g/mol. The van der Waals surface area contributed by atoms with E-state index in [0.717, 1.165) is 72.3 Å². The lowest BCUT2D eigenvalue weighted by Crippen LogP contribution is -1.86. The lowest BCUT2D eigenvalue weighted by Gasteiger charge is -2.09. The summed E-state index contributed by atoms with van der Waals surface area (Å²) < 4.78 is 6.56. The molecule has 0 saturated heterocycles. The number of pyridine rings is 2. The highest BCUT2D eigenvalue weighted by atomic mass is 16.3. The highest BCUT2D eigenvalue weighted by Crippen LogP contribution is 2.38. The number of benzene rings is 6. The van der Waals surface area contributed by atoms with Crippen LogP contribution in [0, 0.1) is 0 Å². The zero-order chi connectivity index (χ0) is 34.0. The van der Waals surface area contributed by atoms with Gasteiger partial charge in [0.05, 0.1) is 0 Å². The van der Waals surface area contributed by atoms with Crippen molar-refractivity contribution in [1.82, 2.24) is 15.0 Å². The maximum Gasteiger partial charge on any atom is 0.227 e. The van der Waals surface area contributed by atoms with E-state index in [9.17, 15) is 0 Å². The monoisotopic (exact) mass is 653 g/mol. The van der Waals surface area contributed by atoms with Crippen LogP contribution in [0.3, 0.4) is 0 Å². The van der Waals surface area contributed by atoms with Crippen molar-refractivity contribution in [3.8, 4) is 78.2 Å². The van der Waals surface area contributed by atoms with Crippen molar-refractivity contribution >= 4 is 11.1 Å². The minimum Gasteiger partial charge on any atom is -0.436 e. The van der Waals surface area contributed by atoms with Gasteiger partial charge in [-0.1, -0.05) is 121 Å². The van der Waals surface area contributed by atoms with Gasteiger partial charge in [-0.15, -0.1) is 0 Å². The van der Waals surface area contributed by atoms with Gasteiger partial charge in [0.15, 0.2) is 5.58 Å². The molecule has 3 aromatic heterocycles. The van der Waals surface area contributed by atoms with Gasteiger partial charge >= 0.3 is 0 Å². The van der Waals surface area contributed by atoms with Gasteiger partial charge in [0.25, 0.3) is 0 Å². The molecule has 4 heteroatoms. The quantitative estimate of drug-likeness (QED) is 0.172. The molecule has 0 amide bonds. The molecular weight excluding hydrogens is 623 g/mol. The molecule has 0 aliphatic heterocycles. The maximum absolute atomic E-state index is 6.56. The standard InChI is InChI=1S/C47H31N3O/c1-2-7-32(8-3-1)33-13-15-36(16-14-33)43-28-44(37-21-17-35(18-22-37)41-11-5-25-48-30-41)46-45(29-43)51-47(50-46)38-23-19-34(20-24-38)39-9-4-10-40(27-39)42-12-6-26-49-31-42/h1-31H. The van der Waals surface area contributed by atoms with Crippen molar-refractivity contribution in [2.24, 2.45) is 0 Å². The third-order valence-corrected chi connectivity index (χ3v) is 9.33. The van der Waals surface area contributed by atoms with Crippen LogP contribution in [-0.2, 0) is 0 Å². The normalized spacial score (nSPS) is 11.1. The third kappa shape index (κ3) is 6.11. The van der Waals surface area contributed by atoms with Crippen molar-refractivity contribution in [2.45, 2.75) is 0 Å². The van der Waals surface area contributed by atoms with Crippen LogP contribution in [0.15, 0.2) is 193 Å². The zero-order valence-corrected chi connectivity index (χ0v) is 27.6. The topological polar surface area (TPSA) is 51.8 Å². The van der Waals surface area contributed by atoms with Crippen LogP contribution in [0.4, 0.5) is 0 Å². The molecule has 9 aromatic rings. The van der Waals surface area contributed by atoms with Gasteiger partial charge in [-0.3, -0.25) is 9.97 Å². The number of aromatic nitrogens is 3. The second-order valence-corrected chi connectivity index (χ2v) is 12.6. The molecule has 240 valence electrons. The molecule has 0 spiro atoms. The molecule has 0 saturated carbocycles. The van der Waals surface area contributed by atoms with Crippen molar-refractivity contribution in [3.05, 3.63) is 189 Å². The second-order valence-electron chi connectivity index (χ2n) is 12.6. The maximum atomic E-state index is 6.56. The molecule has 0 atom stereocenters. The Morgan fingerprint density at radius 1 is 0.333 bits per heavy atom. The SMILES string of the molecule is c1ccc(-c2ccc(-c3cc(-c4ccc(-c5cccnc5)cc4)c4nc(-c5ccc(-c6cccc(-c7cccnc7)c6)cc5)oc4c3)cc2)cc1. The van der Waals surface area contributed by atoms with Crippen LogP contribution in [0.5, 0.6) is 0 Å². The summed E-state index contributed by atoms with van der Waals surface area (Å²) in [5.41, 5.74) is 15.8. The Morgan fingerprint density at radius 3 is 1.43 bits per heavy atom. The number of oxazole rings is 1. The summed E-state index contributed by atoms with van der Waals surface area (Å²) in [4.78, 5) is 13.7. The molecule has 0 fully saturated rings. The van der Waals surface area contributed by atoms with Crippen LogP contribution >= 0.6 is 0 Å². The van der Waals surface area contributed by atoms with Crippen LogP contribution in [0.1, 0.15) is 0 Å². The van der Waals surface area contributed by atoms with E-state index in [1.807, 2.05) is 30.6 Å². The van der Waals surface area contributed by atoms with Gasteiger partial charge in [0.1, 0.15) is 5.52 Å². The fourth-order valence-electron chi connectivity index (χ4n) is 6.62. The lowest BCUT2D eigenvalue weighted by molar-refractivity contribution is 0.620. The molecular formula is C47H31N3O. The molecule has 0 radical (unpaired) electrons.